The van der Waals surface area contributed by atoms with Gasteiger partial charge in [-0.3, -0.25) is 9.78 Å². The molecule has 3 aromatic rings. The third kappa shape index (κ3) is 3.84. The Morgan fingerprint density at radius 3 is 2.68 bits per heavy atom. The van der Waals surface area contributed by atoms with Gasteiger partial charge in [0.05, 0.1) is 5.69 Å². The van der Waals surface area contributed by atoms with Gasteiger partial charge in [-0.25, -0.2) is 0 Å². The van der Waals surface area contributed by atoms with Crippen LogP contribution < -0.4 is 14.8 Å². The first-order valence-corrected chi connectivity index (χ1v) is 9.08. The van der Waals surface area contributed by atoms with E-state index in [0.717, 1.165) is 16.6 Å². The molecule has 0 aliphatic carbocycles. The van der Waals surface area contributed by atoms with E-state index in [1.807, 2.05) is 13.1 Å². The van der Waals surface area contributed by atoms with Crippen LogP contribution in [-0.2, 0) is 6.54 Å². The lowest BCUT2D eigenvalue weighted by Crippen LogP contribution is -2.22. The van der Waals surface area contributed by atoms with Gasteiger partial charge in [-0.05, 0) is 36.8 Å². The number of nitrogens with one attached hydrogen (secondary N) is 1. The van der Waals surface area contributed by atoms with Crippen molar-refractivity contribution in [1.29, 1.82) is 0 Å². The summed E-state index contributed by atoms with van der Waals surface area (Å²) >= 11 is 0. The molecule has 4 rings (SSSR count). The molecule has 6 nitrogen and oxygen atoms in total. The normalized spacial score (nSPS) is 12.9. The number of benzene rings is 1. The molecular formula is C21H23ClN2O4. The van der Waals surface area contributed by atoms with Gasteiger partial charge in [-0.1, -0.05) is 13.8 Å². The summed E-state index contributed by atoms with van der Waals surface area (Å²) in [5, 5.41) is 4.29. The number of fused-ring (bicyclic) bond motifs is 2. The third-order valence-corrected chi connectivity index (χ3v) is 4.55. The van der Waals surface area contributed by atoms with Crippen LogP contribution in [0.2, 0.25) is 0 Å². The van der Waals surface area contributed by atoms with Gasteiger partial charge in [-0.2, -0.15) is 0 Å². The van der Waals surface area contributed by atoms with Gasteiger partial charge in [0.1, 0.15) is 13.2 Å². The molecule has 0 saturated heterocycles. The number of ketones is 1. The highest BCUT2D eigenvalue weighted by Crippen LogP contribution is 2.32. The van der Waals surface area contributed by atoms with Crippen molar-refractivity contribution >= 4 is 29.2 Å². The molecule has 0 atom stereocenters. The minimum absolute atomic E-state index is 0. The molecule has 0 amide bonds. The Hall–Kier alpha value is -2.57. The van der Waals surface area contributed by atoms with Crippen molar-refractivity contribution in [1.82, 2.24) is 10.3 Å². The largest absolute Gasteiger partial charge is 0.486 e. The Balaban J connectivity index is 0.00000225. The number of ether oxygens (including phenoxy) is 2. The van der Waals surface area contributed by atoms with Crippen LogP contribution in [0.5, 0.6) is 11.5 Å². The van der Waals surface area contributed by atoms with Crippen LogP contribution in [0.15, 0.2) is 34.9 Å². The Kier molecular flexibility index (Phi) is 5.91. The van der Waals surface area contributed by atoms with E-state index in [-0.39, 0.29) is 18.2 Å². The molecule has 0 unspecified atom stereocenters. The van der Waals surface area contributed by atoms with Crippen LogP contribution in [0.4, 0.5) is 0 Å². The summed E-state index contributed by atoms with van der Waals surface area (Å²) in [5.41, 5.74) is 2.93. The van der Waals surface area contributed by atoms with E-state index in [0.29, 0.717) is 54.2 Å². The number of carbonyl (C=O) groups is 1. The maximum absolute atomic E-state index is 13.0. The van der Waals surface area contributed by atoms with Gasteiger partial charge in [0.2, 0.25) is 5.78 Å². The van der Waals surface area contributed by atoms with Crippen LogP contribution in [-0.4, -0.2) is 30.0 Å². The first-order valence-electron chi connectivity index (χ1n) is 9.08. The number of furan rings is 1. The van der Waals surface area contributed by atoms with Crippen molar-refractivity contribution in [2.75, 3.05) is 13.2 Å². The van der Waals surface area contributed by atoms with Crippen molar-refractivity contribution in [3.63, 3.8) is 0 Å². The van der Waals surface area contributed by atoms with E-state index in [4.69, 9.17) is 13.9 Å². The van der Waals surface area contributed by atoms with Crippen molar-refractivity contribution < 1.29 is 18.7 Å². The van der Waals surface area contributed by atoms with Gasteiger partial charge in [-0.15, -0.1) is 12.4 Å². The van der Waals surface area contributed by atoms with Gasteiger partial charge >= 0.3 is 0 Å². The summed E-state index contributed by atoms with van der Waals surface area (Å²) in [6.07, 6.45) is 1.83. The maximum atomic E-state index is 13.0. The Morgan fingerprint density at radius 2 is 1.93 bits per heavy atom. The number of aromatic nitrogens is 1. The number of nitrogens with zero attached hydrogens (tertiary/aromatic N) is 1. The van der Waals surface area contributed by atoms with E-state index >= 15 is 0 Å². The van der Waals surface area contributed by atoms with E-state index in [1.54, 1.807) is 24.3 Å². The van der Waals surface area contributed by atoms with Crippen molar-refractivity contribution in [2.45, 2.75) is 33.4 Å². The quantitative estimate of drug-likeness (QED) is 0.649. The van der Waals surface area contributed by atoms with Crippen LogP contribution in [0.1, 0.15) is 41.2 Å². The van der Waals surface area contributed by atoms with Gasteiger partial charge in [0.15, 0.2) is 22.8 Å². The molecular weight excluding hydrogens is 380 g/mol. The second-order valence-electron chi connectivity index (χ2n) is 6.95. The van der Waals surface area contributed by atoms with Gasteiger partial charge in [0.25, 0.3) is 0 Å². The zero-order valence-electron chi connectivity index (χ0n) is 16.1. The Bertz CT molecular complexity index is 1010. The SMILES string of the molecule is Cc1ncc(CNC(C)C)c2cc(C(=O)c3ccc4c(c3)OCCO4)oc12.Cl. The van der Waals surface area contributed by atoms with E-state index in [2.05, 4.69) is 24.1 Å². The Labute approximate surface area is 169 Å². The van der Waals surface area contributed by atoms with Crippen LogP contribution in [0, 0.1) is 6.92 Å². The summed E-state index contributed by atoms with van der Waals surface area (Å²) in [4.78, 5) is 17.4. The highest BCUT2D eigenvalue weighted by Gasteiger charge is 2.20. The average molecular weight is 403 g/mol. The minimum atomic E-state index is -0.189. The van der Waals surface area contributed by atoms with E-state index < -0.39 is 0 Å². The van der Waals surface area contributed by atoms with E-state index in [9.17, 15) is 4.79 Å². The highest BCUT2D eigenvalue weighted by atomic mass is 35.5. The molecule has 0 fully saturated rings. The maximum Gasteiger partial charge on any atom is 0.228 e. The zero-order chi connectivity index (χ0) is 19.0. The van der Waals surface area contributed by atoms with Crippen molar-refractivity contribution in [3.05, 3.63) is 53.0 Å². The lowest BCUT2D eigenvalue weighted by molar-refractivity contribution is 0.101. The topological polar surface area (TPSA) is 73.6 Å². The number of halogens is 1. The summed E-state index contributed by atoms with van der Waals surface area (Å²) in [5.74, 6) is 1.35. The van der Waals surface area contributed by atoms with Crippen LogP contribution in [0.3, 0.4) is 0 Å². The minimum Gasteiger partial charge on any atom is -0.486 e. The molecule has 0 bridgehead atoms. The fourth-order valence-electron chi connectivity index (χ4n) is 3.09. The zero-order valence-corrected chi connectivity index (χ0v) is 16.9. The molecule has 0 spiro atoms. The van der Waals surface area contributed by atoms with Gasteiger partial charge in [0, 0.05) is 29.7 Å². The second-order valence-corrected chi connectivity index (χ2v) is 6.95. The summed E-state index contributed by atoms with van der Waals surface area (Å²) in [6.45, 7) is 7.72. The number of rotatable bonds is 5. The molecule has 1 aliphatic heterocycles. The molecule has 1 aliphatic rings. The Morgan fingerprint density at radius 1 is 1.18 bits per heavy atom. The molecule has 0 saturated carbocycles. The summed E-state index contributed by atoms with van der Waals surface area (Å²) in [7, 11) is 0. The predicted octanol–water partition coefficient (Wildman–Crippen LogP) is 4.06. The van der Waals surface area contributed by atoms with Crippen molar-refractivity contribution in [2.24, 2.45) is 0 Å². The number of aryl methyl sites for hydroxylation is 1. The van der Waals surface area contributed by atoms with Gasteiger partial charge < -0.3 is 19.2 Å². The third-order valence-electron chi connectivity index (χ3n) is 4.55. The predicted molar refractivity (Wildman–Crippen MR) is 109 cm³/mol. The second kappa shape index (κ2) is 8.20. The fraction of sp³-hybridized carbons (Fsp3) is 0.333. The summed E-state index contributed by atoms with van der Waals surface area (Å²) < 4.78 is 17.0. The number of hydrogen-bond donors (Lipinski definition) is 1. The molecule has 2 aromatic heterocycles. The molecule has 0 radical (unpaired) electrons. The fourth-order valence-corrected chi connectivity index (χ4v) is 3.09. The molecule has 28 heavy (non-hydrogen) atoms. The average Bonchev–Trinajstić information content (AvgIpc) is 3.13. The highest BCUT2D eigenvalue weighted by molar-refractivity contribution is 6.09. The van der Waals surface area contributed by atoms with Crippen LogP contribution >= 0.6 is 12.4 Å². The van der Waals surface area contributed by atoms with E-state index in [1.165, 1.54) is 0 Å². The van der Waals surface area contributed by atoms with Crippen LogP contribution in [0.25, 0.3) is 11.0 Å². The number of hydrogen-bond acceptors (Lipinski definition) is 6. The smallest absolute Gasteiger partial charge is 0.228 e. The summed E-state index contributed by atoms with van der Waals surface area (Å²) in [6, 6.07) is 7.36. The lowest BCUT2D eigenvalue weighted by atomic mass is 10.1. The molecule has 148 valence electrons. The number of pyridine rings is 1. The lowest BCUT2D eigenvalue weighted by Gasteiger charge is -2.18. The number of carbonyl (C=O) groups excluding carboxylic acids is 1. The monoisotopic (exact) mass is 402 g/mol. The first kappa shape index (κ1) is 20.2. The standard InChI is InChI=1S/C21H22N2O4.ClH/c1-12(2)22-10-15-11-23-13(3)21-16(15)9-19(27-21)20(24)14-4-5-17-18(8-14)26-7-6-25-17;/h4-5,8-9,11-12,22H,6-7,10H2,1-3H3;1H. The molecule has 1 N–H and O–H groups in total. The first-order chi connectivity index (χ1) is 13.0. The molecule has 3 heterocycles. The molecule has 1 aromatic carbocycles. The van der Waals surface area contributed by atoms with Crippen molar-refractivity contribution in [3.8, 4) is 11.5 Å². The molecule has 7 heteroatoms.